The lowest BCUT2D eigenvalue weighted by atomic mass is 9.87. The van der Waals surface area contributed by atoms with Crippen molar-refractivity contribution < 1.29 is 19.2 Å². The predicted molar refractivity (Wildman–Crippen MR) is 124 cm³/mol. The number of non-ortho nitro benzene ring substituents is 1. The zero-order valence-corrected chi connectivity index (χ0v) is 17.6. The fourth-order valence-corrected chi connectivity index (χ4v) is 3.55. The van der Waals surface area contributed by atoms with Crippen molar-refractivity contribution >= 4 is 29.6 Å². The number of allylic oxidation sites excluding steroid dienone is 2. The molecule has 1 heterocycles. The first-order valence-electron chi connectivity index (χ1n) is 10.4. The van der Waals surface area contributed by atoms with Crippen molar-refractivity contribution in [3.05, 3.63) is 111 Å². The molecular weight excluding hydrogens is 420 g/mol. The Morgan fingerprint density at radius 3 is 2.09 bits per heavy atom. The maximum absolute atomic E-state index is 13.0. The second-order valence-electron chi connectivity index (χ2n) is 7.57. The summed E-state index contributed by atoms with van der Waals surface area (Å²) in [6.07, 6.45) is 8.84. The van der Waals surface area contributed by atoms with Crippen molar-refractivity contribution in [2.24, 2.45) is 0 Å². The van der Waals surface area contributed by atoms with E-state index in [1.807, 2.05) is 6.08 Å². The molecule has 33 heavy (non-hydrogen) atoms. The van der Waals surface area contributed by atoms with Gasteiger partial charge in [-0.15, -0.1) is 0 Å². The average Bonchev–Trinajstić information content (AvgIpc) is 2.84. The van der Waals surface area contributed by atoms with Gasteiger partial charge in [-0.1, -0.05) is 12.1 Å². The third-order valence-electron chi connectivity index (χ3n) is 5.25. The minimum Gasteiger partial charge on any atom is -0.423 e. The molecule has 7 nitrogen and oxygen atoms in total. The molecule has 1 aliphatic rings. The molecule has 0 radical (unpaired) electrons. The van der Waals surface area contributed by atoms with Crippen LogP contribution in [-0.4, -0.2) is 21.7 Å². The van der Waals surface area contributed by atoms with Gasteiger partial charge in [-0.2, -0.15) is 0 Å². The van der Waals surface area contributed by atoms with Gasteiger partial charge in [-0.25, -0.2) is 4.79 Å². The second-order valence-corrected chi connectivity index (χ2v) is 7.57. The van der Waals surface area contributed by atoms with Crippen LogP contribution in [-0.2, 0) is 4.79 Å². The SMILES string of the molecule is O=C1/C(=C/c2ccc(OC(=O)c3cccnc3)cc2)CCC/C1=C\c1ccc([N+](=O)[O-])cc1. The lowest BCUT2D eigenvalue weighted by molar-refractivity contribution is -0.384. The Morgan fingerprint density at radius 2 is 1.55 bits per heavy atom. The quantitative estimate of drug-likeness (QED) is 0.172. The van der Waals surface area contributed by atoms with Gasteiger partial charge in [0.1, 0.15) is 5.75 Å². The van der Waals surface area contributed by atoms with Gasteiger partial charge in [-0.05, 0) is 78.9 Å². The molecule has 0 spiro atoms. The Labute approximate surface area is 190 Å². The number of ketones is 1. The van der Waals surface area contributed by atoms with Crippen molar-refractivity contribution in [2.45, 2.75) is 19.3 Å². The summed E-state index contributed by atoms with van der Waals surface area (Å²) in [5, 5.41) is 10.8. The van der Waals surface area contributed by atoms with E-state index >= 15 is 0 Å². The highest BCUT2D eigenvalue weighted by atomic mass is 16.6. The van der Waals surface area contributed by atoms with E-state index in [2.05, 4.69) is 4.98 Å². The lowest BCUT2D eigenvalue weighted by Gasteiger charge is -2.16. The predicted octanol–water partition coefficient (Wildman–Crippen LogP) is 5.43. The van der Waals surface area contributed by atoms with Crippen LogP contribution in [0.5, 0.6) is 5.75 Å². The molecule has 0 bridgehead atoms. The maximum Gasteiger partial charge on any atom is 0.345 e. The molecule has 7 heteroatoms. The zero-order chi connectivity index (χ0) is 23.2. The van der Waals surface area contributed by atoms with Crippen molar-refractivity contribution in [2.75, 3.05) is 0 Å². The lowest BCUT2D eigenvalue weighted by Crippen LogP contribution is -2.12. The molecule has 164 valence electrons. The van der Waals surface area contributed by atoms with Crippen LogP contribution >= 0.6 is 0 Å². The molecule has 2 aromatic carbocycles. The highest BCUT2D eigenvalue weighted by Crippen LogP contribution is 2.29. The Kier molecular flexibility index (Phi) is 6.50. The van der Waals surface area contributed by atoms with Gasteiger partial charge in [0.05, 0.1) is 10.5 Å². The summed E-state index contributed by atoms with van der Waals surface area (Å²) < 4.78 is 5.36. The van der Waals surface area contributed by atoms with E-state index in [9.17, 15) is 19.7 Å². The third kappa shape index (κ3) is 5.46. The number of nitrogens with zero attached hydrogens (tertiary/aromatic N) is 2. The average molecular weight is 440 g/mol. The zero-order valence-electron chi connectivity index (χ0n) is 17.6. The number of ether oxygens (including phenoxy) is 1. The number of rotatable bonds is 5. The van der Waals surface area contributed by atoms with Crippen LogP contribution in [0.2, 0.25) is 0 Å². The Hall–Kier alpha value is -4.39. The van der Waals surface area contributed by atoms with Crippen LogP contribution in [0.1, 0.15) is 40.7 Å². The van der Waals surface area contributed by atoms with E-state index in [4.69, 9.17) is 4.74 Å². The maximum atomic E-state index is 13.0. The van der Waals surface area contributed by atoms with Gasteiger partial charge in [0.2, 0.25) is 0 Å². The van der Waals surface area contributed by atoms with Gasteiger partial charge in [0.15, 0.2) is 5.78 Å². The number of hydrogen-bond acceptors (Lipinski definition) is 6. The van der Waals surface area contributed by atoms with Crippen LogP contribution in [0.3, 0.4) is 0 Å². The van der Waals surface area contributed by atoms with E-state index in [1.165, 1.54) is 18.3 Å². The van der Waals surface area contributed by atoms with E-state index in [0.29, 0.717) is 35.3 Å². The first-order chi connectivity index (χ1) is 16.0. The fraction of sp³-hybridized carbons (Fsp3) is 0.115. The molecule has 0 amide bonds. The minimum absolute atomic E-state index is 0.0160. The molecule has 0 unspecified atom stereocenters. The molecule has 0 atom stereocenters. The summed E-state index contributed by atoms with van der Waals surface area (Å²) in [7, 11) is 0. The van der Waals surface area contributed by atoms with E-state index in [-0.39, 0.29) is 11.5 Å². The molecule has 0 N–H and O–H groups in total. The number of pyridine rings is 1. The number of nitro groups is 1. The van der Waals surface area contributed by atoms with Crippen molar-refractivity contribution in [1.82, 2.24) is 4.98 Å². The number of hydrogen-bond donors (Lipinski definition) is 0. The molecule has 4 rings (SSSR count). The summed E-state index contributed by atoms with van der Waals surface area (Å²) in [5.74, 6) is -0.107. The van der Waals surface area contributed by atoms with Gasteiger partial charge in [0.25, 0.3) is 5.69 Å². The second kappa shape index (κ2) is 9.82. The van der Waals surface area contributed by atoms with E-state index in [1.54, 1.807) is 60.8 Å². The molecule has 1 fully saturated rings. The standard InChI is InChI=1S/C26H20N2O5/c29-25-20(15-18-6-10-23(11-7-18)28(31)32)3-1-4-21(25)16-19-8-12-24(13-9-19)33-26(30)22-5-2-14-27-17-22/h2,5-17H,1,3-4H2/b20-15+,21-16+. The van der Waals surface area contributed by atoms with E-state index in [0.717, 1.165) is 17.5 Å². The van der Waals surface area contributed by atoms with Gasteiger partial charge < -0.3 is 4.74 Å². The number of esters is 1. The molecule has 3 aromatic rings. The fourth-order valence-electron chi connectivity index (χ4n) is 3.55. The number of Topliss-reactive ketones (excluding diaryl/α,β-unsaturated/α-hetero) is 1. The van der Waals surface area contributed by atoms with Crippen LogP contribution in [0.15, 0.2) is 84.2 Å². The monoisotopic (exact) mass is 440 g/mol. The summed E-state index contributed by atoms with van der Waals surface area (Å²) in [6, 6.07) is 16.4. The Balaban J connectivity index is 1.46. The molecule has 1 aliphatic carbocycles. The highest BCUT2D eigenvalue weighted by Gasteiger charge is 2.20. The molecular formula is C26H20N2O5. The van der Waals surface area contributed by atoms with Crippen LogP contribution in [0, 0.1) is 10.1 Å². The molecule has 1 saturated carbocycles. The third-order valence-corrected chi connectivity index (χ3v) is 5.25. The number of benzene rings is 2. The number of carbonyl (C=O) groups excluding carboxylic acids is 2. The summed E-state index contributed by atoms with van der Waals surface area (Å²) in [4.78, 5) is 39.4. The number of nitro benzene ring substituents is 1. The first-order valence-corrected chi connectivity index (χ1v) is 10.4. The van der Waals surface area contributed by atoms with Gasteiger partial charge in [0, 0.05) is 35.7 Å². The van der Waals surface area contributed by atoms with E-state index < -0.39 is 10.9 Å². The van der Waals surface area contributed by atoms with Crippen LogP contribution < -0.4 is 4.74 Å². The first kappa shape index (κ1) is 21.8. The van der Waals surface area contributed by atoms with Crippen LogP contribution in [0.25, 0.3) is 12.2 Å². The summed E-state index contributed by atoms with van der Waals surface area (Å²) >= 11 is 0. The topological polar surface area (TPSA) is 99.4 Å². The highest BCUT2D eigenvalue weighted by molar-refractivity contribution is 6.14. The van der Waals surface area contributed by atoms with Crippen molar-refractivity contribution in [1.29, 1.82) is 0 Å². The summed E-state index contributed by atoms with van der Waals surface area (Å²) in [6.45, 7) is 0. The molecule has 0 aliphatic heterocycles. The smallest absolute Gasteiger partial charge is 0.345 e. The Bertz CT molecular complexity index is 1240. The van der Waals surface area contributed by atoms with Gasteiger partial charge in [-0.3, -0.25) is 19.9 Å². The van der Waals surface area contributed by atoms with Crippen molar-refractivity contribution in [3.63, 3.8) is 0 Å². The largest absolute Gasteiger partial charge is 0.423 e. The minimum atomic E-state index is -0.488. The molecule has 1 aromatic heterocycles. The number of aromatic nitrogens is 1. The normalized spacial score (nSPS) is 16.1. The van der Waals surface area contributed by atoms with Crippen LogP contribution in [0.4, 0.5) is 5.69 Å². The van der Waals surface area contributed by atoms with Crippen molar-refractivity contribution in [3.8, 4) is 5.75 Å². The number of carbonyl (C=O) groups is 2. The molecule has 0 saturated heterocycles. The Morgan fingerprint density at radius 1 is 0.939 bits per heavy atom. The summed E-state index contributed by atoms with van der Waals surface area (Å²) in [5.41, 5.74) is 3.35. The van der Waals surface area contributed by atoms with Gasteiger partial charge >= 0.3 is 5.97 Å².